The summed E-state index contributed by atoms with van der Waals surface area (Å²) in [6.45, 7) is 0.218. The highest BCUT2D eigenvalue weighted by Gasteiger charge is 2.23. The van der Waals surface area contributed by atoms with Crippen molar-refractivity contribution in [2.75, 3.05) is 13.1 Å². The van der Waals surface area contributed by atoms with E-state index in [0.29, 0.717) is 5.56 Å². The lowest BCUT2D eigenvalue weighted by molar-refractivity contribution is -0.141. The maximum Gasteiger partial charge on any atom is 0.242 e. The van der Waals surface area contributed by atoms with E-state index in [4.69, 9.17) is 11.6 Å². The fourth-order valence-electron chi connectivity index (χ4n) is 1.60. The van der Waals surface area contributed by atoms with E-state index >= 15 is 0 Å². The molecule has 0 saturated carbocycles. The van der Waals surface area contributed by atoms with E-state index in [9.17, 15) is 14.0 Å². The van der Waals surface area contributed by atoms with Gasteiger partial charge in [0, 0.05) is 11.6 Å². The van der Waals surface area contributed by atoms with Crippen LogP contribution < -0.4 is 5.32 Å². The first-order chi connectivity index (χ1) is 8.06. The molecule has 0 aliphatic carbocycles. The number of rotatable bonds is 2. The van der Waals surface area contributed by atoms with E-state index < -0.39 is 5.82 Å². The van der Waals surface area contributed by atoms with Gasteiger partial charge in [-0.2, -0.15) is 0 Å². The molecule has 2 rings (SSSR count). The van der Waals surface area contributed by atoms with Crippen molar-refractivity contribution in [2.45, 2.75) is 6.54 Å². The van der Waals surface area contributed by atoms with E-state index in [0.717, 1.165) is 0 Å². The highest BCUT2D eigenvalue weighted by molar-refractivity contribution is 6.31. The van der Waals surface area contributed by atoms with Crippen LogP contribution in [-0.2, 0) is 16.1 Å². The summed E-state index contributed by atoms with van der Waals surface area (Å²) in [4.78, 5) is 24.1. The number of nitrogens with zero attached hydrogens (tertiary/aromatic N) is 1. The number of benzene rings is 1. The molecule has 0 bridgehead atoms. The predicted molar refractivity (Wildman–Crippen MR) is 59.8 cm³/mol. The Bertz CT molecular complexity index is 479. The van der Waals surface area contributed by atoms with Crippen molar-refractivity contribution in [3.63, 3.8) is 0 Å². The molecule has 0 unspecified atom stereocenters. The van der Waals surface area contributed by atoms with Gasteiger partial charge in [0.1, 0.15) is 5.82 Å². The molecule has 1 aliphatic heterocycles. The van der Waals surface area contributed by atoms with Gasteiger partial charge in [-0.05, 0) is 17.7 Å². The van der Waals surface area contributed by atoms with Gasteiger partial charge in [-0.1, -0.05) is 17.7 Å². The Morgan fingerprint density at radius 1 is 1.41 bits per heavy atom. The van der Waals surface area contributed by atoms with Crippen LogP contribution in [-0.4, -0.2) is 29.8 Å². The minimum Gasteiger partial charge on any atom is -0.345 e. The average Bonchev–Trinajstić information content (AvgIpc) is 2.27. The summed E-state index contributed by atoms with van der Waals surface area (Å²) in [7, 11) is 0. The van der Waals surface area contributed by atoms with Crippen LogP contribution in [0.2, 0.25) is 5.02 Å². The zero-order valence-corrected chi connectivity index (χ0v) is 9.63. The second-order valence-corrected chi connectivity index (χ2v) is 4.17. The van der Waals surface area contributed by atoms with Gasteiger partial charge in [0.25, 0.3) is 0 Å². The normalized spacial score (nSPS) is 16.0. The van der Waals surface area contributed by atoms with Gasteiger partial charge in [0.15, 0.2) is 0 Å². The number of piperazine rings is 1. The maximum absolute atomic E-state index is 12.8. The highest BCUT2D eigenvalue weighted by Crippen LogP contribution is 2.19. The van der Waals surface area contributed by atoms with Gasteiger partial charge in [0.2, 0.25) is 11.8 Å². The molecule has 4 nitrogen and oxygen atoms in total. The van der Waals surface area contributed by atoms with Gasteiger partial charge >= 0.3 is 0 Å². The van der Waals surface area contributed by atoms with Crippen LogP contribution in [0.3, 0.4) is 0 Å². The molecule has 0 radical (unpaired) electrons. The van der Waals surface area contributed by atoms with Crippen LogP contribution >= 0.6 is 11.6 Å². The second kappa shape index (κ2) is 4.71. The summed E-state index contributed by atoms with van der Waals surface area (Å²) in [6, 6.07) is 3.97. The SMILES string of the molecule is O=C1CN(Cc2ccc(F)cc2Cl)C(=O)CN1. The highest BCUT2D eigenvalue weighted by atomic mass is 35.5. The summed E-state index contributed by atoms with van der Waals surface area (Å²) < 4.78 is 12.8. The Balaban J connectivity index is 2.14. The number of halogens is 2. The van der Waals surface area contributed by atoms with Crippen molar-refractivity contribution in [1.29, 1.82) is 0 Å². The van der Waals surface area contributed by atoms with Crippen LogP contribution in [0.25, 0.3) is 0 Å². The van der Waals surface area contributed by atoms with Crippen LogP contribution in [0.5, 0.6) is 0 Å². The molecule has 90 valence electrons. The minimum absolute atomic E-state index is 0.00233. The Morgan fingerprint density at radius 2 is 2.18 bits per heavy atom. The number of amides is 2. The number of hydrogen-bond donors (Lipinski definition) is 1. The largest absolute Gasteiger partial charge is 0.345 e. The fourth-order valence-corrected chi connectivity index (χ4v) is 1.83. The van der Waals surface area contributed by atoms with E-state index in [1.54, 1.807) is 0 Å². The van der Waals surface area contributed by atoms with E-state index in [2.05, 4.69) is 5.32 Å². The molecule has 1 aliphatic rings. The van der Waals surface area contributed by atoms with Crippen molar-refractivity contribution in [3.8, 4) is 0 Å². The quantitative estimate of drug-likeness (QED) is 0.856. The van der Waals surface area contributed by atoms with Crippen molar-refractivity contribution >= 4 is 23.4 Å². The summed E-state index contributed by atoms with van der Waals surface area (Å²) in [6.07, 6.45) is 0. The lowest BCUT2D eigenvalue weighted by atomic mass is 10.2. The predicted octanol–water partition coefficient (Wildman–Crippen LogP) is 0.938. The first-order valence-electron chi connectivity index (χ1n) is 5.04. The molecule has 0 spiro atoms. The van der Waals surface area contributed by atoms with Crippen molar-refractivity contribution in [2.24, 2.45) is 0 Å². The van der Waals surface area contributed by atoms with Crippen LogP contribution in [0, 0.1) is 5.82 Å². The van der Waals surface area contributed by atoms with Crippen LogP contribution in [0.1, 0.15) is 5.56 Å². The Morgan fingerprint density at radius 3 is 2.88 bits per heavy atom. The Hall–Kier alpha value is -1.62. The average molecular weight is 257 g/mol. The maximum atomic E-state index is 12.8. The second-order valence-electron chi connectivity index (χ2n) is 3.76. The molecule has 1 saturated heterocycles. The van der Waals surface area contributed by atoms with E-state index in [1.807, 2.05) is 0 Å². The summed E-state index contributed by atoms with van der Waals surface area (Å²) >= 11 is 5.85. The molecule has 0 atom stereocenters. The first kappa shape index (κ1) is 11.9. The summed E-state index contributed by atoms with van der Waals surface area (Å²) in [5, 5.41) is 2.70. The third-order valence-electron chi connectivity index (χ3n) is 2.50. The molecule has 0 aromatic heterocycles. The standard InChI is InChI=1S/C11H10ClFN2O2/c12-9-3-8(13)2-1-7(9)5-15-6-10(16)14-4-11(15)17/h1-3H,4-6H2,(H,14,16). The molecule has 1 heterocycles. The Labute approximate surface area is 102 Å². The smallest absolute Gasteiger partial charge is 0.242 e. The summed E-state index contributed by atoms with van der Waals surface area (Å²) in [5.74, 6) is -0.811. The molecular weight excluding hydrogens is 247 g/mol. The molecule has 1 aromatic rings. The fraction of sp³-hybridized carbons (Fsp3) is 0.273. The van der Waals surface area contributed by atoms with E-state index in [1.165, 1.54) is 23.1 Å². The zero-order valence-electron chi connectivity index (χ0n) is 8.87. The van der Waals surface area contributed by atoms with Crippen molar-refractivity contribution in [1.82, 2.24) is 10.2 Å². The first-order valence-corrected chi connectivity index (χ1v) is 5.42. The lowest BCUT2D eigenvalue weighted by Gasteiger charge is -2.26. The van der Waals surface area contributed by atoms with Gasteiger partial charge in [0.05, 0.1) is 13.1 Å². The molecule has 6 heteroatoms. The van der Waals surface area contributed by atoms with Gasteiger partial charge < -0.3 is 10.2 Å². The van der Waals surface area contributed by atoms with Crippen molar-refractivity contribution in [3.05, 3.63) is 34.6 Å². The summed E-state index contributed by atoms with van der Waals surface area (Å²) in [5.41, 5.74) is 0.621. The molecule has 1 N–H and O–H groups in total. The number of carbonyl (C=O) groups is 2. The van der Waals surface area contributed by atoms with Crippen LogP contribution in [0.4, 0.5) is 4.39 Å². The molecule has 17 heavy (non-hydrogen) atoms. The zero-order chi connectivity index (χ0) is 12.4. The third kappa shape index (κ3) is 2.74. The molecule has 2 amide bonds. The monoisotopic (exact) mass is 256 g/mol. The van der Waals surface area contributed by atoms with E-state index in [-0.39, 0.29) is 36.5 Å². The number of hydrogen-bond acceptors (Lipinski definition) is 2. The third-order valence-corrected chi connectivity index (χ3v) is 2.85. The molecule has 1 aromatic carbocycles. The number of nitrogens with one attached hydrogen (secondary N) is 1. The van der Waals surface area contributed by atoms with Gasteiger partial charge in [-0.3, -0.25) is 9.59 Å². The van der Waals surface area contributed by atoms with Gasteiger partial charge in [-0.25, -0.2) is 4.39 Å². The Kier molecular flexibility index (Phi) is 3.28. The van der Waals surface area contributed by atoms with Crippen molar-refractivity contribution < 1.29 is 14.0 Å². The molecule has 1 fully saturated rings. The lowest BCUT2D eigenvalue weighted by Crippen LogP contribution is -2.51. The van der Waals surface area contributed by atoms with Gasteiger partial charge in [-0.15, -0.1) is 0 Å². The van der Waals surface area contributed by atoms with Crippen LogP contribution in [0.15, 0.2) is 18.2 Å². The molecular formula is C11H10ClFN2O2. The minimum atomic E-state index is -0.429. The number of carbonyl (C=O) groups excluding carboxylic acids is 2. The topological polar surface area (TPSA) is 49.4 Å².